The first kappa shape index (κ1) is 23.1. The first-order valence-corrected chi connectivity index (χ1v) is 9.77. The minimum absolute atomic E-state index is 0.0955. The second-order valence-electron chi connectivity index (χ2n) is 7.08. The highest BCUT2D eigenvalue weighted by Gasteiger charge is 2.31. The zero-order valence-electron chi connectivity index (χ0n) is 16.9. The molecule has 0 saturated carbocycles. The number of ether oxygens (including phenoxy) is 1. The van der Waals surface area contributed by atoms with Crippen LogP contribution in [-0.2, 0) is 27.0 Å². The molecule has 32 heavy (non-hydrogen) atoms. The lowest BCUT2D eigenvalue weighted by Crippen LogP contribution is -2.42. The Morgan fingerprint density at radius 1 is 1.19 bits per heavy atom. The summed E-state index contributed by atoms with van der Waals surface area (Å²) in [5.41, 5.74) is -0.826. The largest absolute Gasteiger partial charge is 0.467 e. The standard InChI is InChI=1S/C20H21F3N4O5/c21-20(22,23)14-3-4-16(24-10-14)27-7-5-13(6-8-27)18(29)32-12-17(28)26-19(30)25-11-15-2-1-9-31-15/h1-4,9-10,13H,5-8,11-12H2,(H2,25,26,28,30). The molecule has 3 rings (SSSR count). The molecular formula is C20H21F3N4O5. The molecule has 0 atom stereocenters. The van der Waals surface area contributed by atoms with Gasteiger partial charge in [-0.1, -0.05) is 0 Å². The van der Waals surface area contributed by atoms with E-state index in [0.29, 0.717) is 37.5 Å². The van der Waals surface area contributed by atoms with Crippen LogP contribution in [0.25, 0.3) is 0 Å². The van der Waals surface area contributed by atoms with Gasteiger partial charge in [0.05, 0.1) is 24.3 Å². The molecule has 0 aliphatic carbocycles. The normalized spacial score (nSPS) is 14.7. The smallest absolute Gasteiger partial charge is 0.417 e. The third-order valence-corrected chi connectivity index (χ3v) is 4.83. The molecule has 3 heterocycles. The van der Waals surface area contributed by atoms with Crippen LogP contribution in [0, 0.1) is 5.92 Å². The number of piperidine rings is 1. The number of hydrogen-bond donors (Lipinski definition) is 2. The summed E-state index contributed by atoms with van der Waals surface area (Å²) in [6.45, 7) is 0.297. The van der Waals surface area contributed by atoms with Crippen LogP contribution in [0.15, 0.2) is 41.1 Å². The molecule has 0 bridgehead atoms. The predicted molar refractivity (Wildman–Crippen MR) is 104 cm³/mol. The van der Waals surface area contributed by atoms with Crippen molar-refractivity contribution in [3.8, 4) is 0 Å². The van der Waals surface area contributed by atoms with Gasteiger partial charge in [0.25, 0.3) is 5.91 Å². The van der Waals surface area contributed by atoms with Crippen LogP contribution in [0.5, 0.6) is 0 Å². The fraction of sp³-hybridized carbons (Fsp3) is 0.400. The van der Waals surface area contributed by atoms with E-state index < -0.39 is 42.2 Å². The number of pyridine rings is 1. The van der Waals surface area contributed by atoms with Crippen molar-refractivity contribution in [1.29, 1.82) is 0 Å². The highest BCUT2D eigenvalue weighted by atomic mass is 19.4. The van der Waals surface area contributed by atoms with E-state index in [1.54, 1.807) is 17.0 Å². The summed E-state index contributed by atoms with van der Waals surface area (Å²) < 4.78 is 47.9. The average molecular weight is 454 g/mol. The summed E-state index contributed by atoms with van der Waals surface area (Å²) in [5.74, 6) is -0.902. The number of furan rings is 1. The molecule has 1 aliphatic heterocycles. The van der Waals surface area contributed by atoms with Crippen LogP contribution in [-0.4, -0.2) is 42.6 Å². The van der Waals surface area contributed by atoms with E-state index in [1.165, 1.54) is 12.3 Å². The van der Waals surface area contributed by atoms with Gasteiger partial charge in [0, 0.05) is 19.3 Å². The highest BCUT2D eigenvalue weighted by Crippen LogP contribution is 2.30. The molecule has 0 radical (unpaired) electrons. The van der Waals surface area contributed by atoms with Crippen LogP contribution >= 0.6 is 0 Å². The lowest BCUT2D eigenvalue weighted by molar-refractivity contribution is -0.153. The van der Waals surface area contributed by atoms with E-state index in [1.807, 2.05) is 5.32 Å². The van der Waals surface area contributed by atoms with Crippen molar-refractivity contribution in [3.05, 3.63) is 48.0 Å². The summed E-state index contributed by atoms with van der Waals surface area (Å²) in [7, 11) is 0. The minimum Gasteiger partial charge on any atom is -0.467 e. The molecule has 1 aliphatic rings. The van der Waals surface area contributed by atoms with E-state index in [2.05, 4.69) is 10.3 Å². The zero-order valence-corrected chi connectivity index (χ0v) is 16.9. The maximum atomic E-state index is 12.6. The van der Waals surface area contributed by atoms with E-state index >= 15 is 0 Å². The van der Waals surface area contributed by atoms with Gasteiger partial charge in [-0.25, -0.2) is 9.78 Å². The Kier molecular flexibility index (Phi) is 7.33. The van der Waals surface area contributed by atoms with Gasteiger partial charge in [0.1, 0.15) is 11.6 Å². The van der Waals surface area contributed by atoms with Crippen LogP contribution in [0.3, 0.4) is 0 Å². The molecule has 9 nitrogen and oxygen atoms in total. The summed E-state index contributed by atoms with van der Waals surface area (Å²) in [4.78, 5) is 41.2. The molecule has 2 aromatic rings. The Hall–Kier alpha value is -3.57. The van der Waals surface area contributed by atoms with Gasteiger partial charge in [-0.05, 0) is 37.1 Å². The molecular weight excluding hydrogens is 433 g/mol. The number of urea groups is 1. The molecule has 0 spiro atoms. The Morgan fingerprint density at radius 2 is 1.94 bits per heavy atom. The summed E-state index contributed by atoms with van der Waals surface area (Å²) in [6, 6.07) is 4.82. The monoisotopic (exact) mass is 454 g/mol. The van der Waals surface area contributed by atoms with Gasteiger partial charge in [-0.15, -0.1) is 0 Å². The summed E-state index contributed by atoms with van der Waals surface area (Å²) in [5, 5.41) is 4.46. The van der Waals surface area contributed by atoms with Crippen molar-refractivity contribution < 1.29 is 36.7 Å². The van der Waals surface area contributed by atoms with E-state index in [4.69, 9.17) is 9.15 Å². The number of halogens is 3. The van der Waals surface area contributed by atoms with Gasteiger partial charge in [-0.3, -0.25) is 14.9 Å². The van der Waals surface area contributed by atoms with Crippen LogP contribution in [0.2, 0.25) is 0 Å². The first-order valence-electron chi connectivity index (χ1n) is 9.77. The van der Waals surface area contributed by atoms with E-state index in [-0.39, 0.29) is 6.54 Å². The van der Waals surface area contributed by atoms with Crippen LogP contribution in [0.4, 0.5) is 23.8 Å². The van der Waals surface area contributed by atoms with E-state index in [0.717, 1.165) is 12.3 Å². The first-order chi connectivity index (χ1) is 15.2. The molecule has 12 heteroatoms. The molecule has 1 saturated heterocycles. The van der Waals surface area contributed by atoms with Crippen LogP contribution < -0.4 is 15.5 Å². The number of hydrogen-bond acceptors (Lipinski definition) is 7. The molecule has 2 aromatic heterocycles. The van der Waals surface area contributed by atoms with Gasteiger partial charge < -0.3 is 19.4 Å². The highest BCUT2D eigenvalue weighted by molar-refractivity contribution is 5.95. The van der Waals surface area contributed by atoms with Gasteiger partial charge in [0.2, 0.25) is 0 Å². The van der Waals surface area contributed by atoms with Gasteiger partial charge >= 0.3 is 18.2 Å². The van der Waals surface area contributed by atoms with Crippen molar-refractivity contribution in [2.45, 2.75) is 25.6 Å². The number of nitrogens with one attached hydrogen (secondary N) is 2. The predicted octanol–water partition coefficient (Wildman–Crippen LogP) is 2.48. The SMILES string of the molecule is O=C(COC(=O)C1CCN(c2ccc(C(F)(F)F)cn2)CC1)NC(=O)NCc1ccco1. The van der Waals surface area contributed by atoms with Crippen molar-refractivity contribution >= 4 is 23.7 Å². The molecule has 3 amide bonds. The average Bonchev–Trinajstić information content (AvgIpc) is 3.29. The topological polar surface area (TPSA) is 114 Å². The van der Waals surface area contributed by atoms with Crippen molar-refractivity contribution in [2.75, 3.05) is 24.6 Å². The molecule has 1 fully saturated rings. The summed E-state index contributed by atoms with van der Waals surface area (Å²) in [6.07, 6.45) is -1.43. The number of amides is 3. The van der Waals surface area contributed by atoms with Crippen molar-refractivity contribution in [1.82, 2.24) is 15.6 Å². The lowest BCUT2D eigenvalue weighted by Gasteiger charge is -2.31. The number of imide groups is 1. The van der Waals surface area contributed by atoms with Crippen molar-refractivity contribution in [3.63, 3.8) is 0 Å². The van der Waals surface area contributed by atoms with E-state index in [9.17, 15) is 27.6 Å². The molecule has 0 unspecified atom stereocenters. The lowest BCUT2D eigenvalue weighted by atomic mass is 9.97. The second-order valence-corrected chi connectivity index (χ2v) is 7.08. The number of alkyl halides is 3. The Labute approximate surface area is 180 Å². The quantitative estimate of drug-likeness (QED) is 0.645. The Bertz CT molecular complexity index is 924. The van der Waals surface area contributed by atoms with Gasteiger partial charge in [-0.2, -0.15) is 13.2 Å². The fourth-order valence-electron chi connectivity index (χ4n) is 3.13. The summed E-state index contributed by atoms with van der Waals surface area (Å²) >= 11 is 0. The minimum atomic E-state index is -4.45. The molecule has 0 aromatic carbocycles. The Balaban J connectivity index is 1.37. The van der Waals surface area contributed by atoms with Crippen LogP contribution in [0.1, 0.15) is 24.2 Å². The molecule has 2 N–H and O–H groups in total. The number of esters is 1. The second kappa shape index (κ2) is 10.2. The number of rotatable bonds is 6. The maximum absolute atomic E-state index is 12.6. The number of anilines is 1. The number of aromatic nitrogens is 1. The molecule has 172 valence electrons. The zero-order chi connectivity index (χ0) is 23.1. The Morgan fingerprint density at radius 3 is 2.53 bits per heavy atom. The van der Waals surface area contributed by atoms with Crippen molar-refractivity contribution in [2.24, 2.45) is 5.92 Å². The maximum Gasteiger partial charge on any atom is 0.417 e. The number of nitrogens with zero attached hydrogens (tertiary/aromatic N) is 2. The third-order valence-electron chi connectivity index (χ3n) is 4.83. The number of carbonyl (C=O) groups is 3. The van der Waals surface area contributed by atoms with Gasteiger partial charge in [0.15, 0.2) is 6.61 Å². The fourth-order valence-corrected chi connectivity index (χ4v) is 3.13. The third kappa shape index (κ3) is 6.46. The number of carbonyl (C=O) groups excluding carboxylic acids is 3.